The van der Waals surface area contributed by atoms with E-state index in [0.717, 1.165) is 18.4 Å². The number of esters is 3. The Morgan fingerprint density at radius 2 is 1.47 bits per heavy atom. The molecule has 34 heavy (non-hydrogen) atoms. The molecule has 0 spiro atoms. The van der Waals surface area contributed by atoms with Gasteiger partial charge in [-0.2, -0.15) is 0 Å². The van der Waals surface area contributed by atoms with Gasteiger partial charge in [0, 0.05) is 27.7 Å². The van der Waals surface area contributed by atoms with Crippen LogP contribution in [0.5, 0.6) is 0 Å². The predicted molar refractivity (Wildman–Crippen MR) is 122 cm³/mol. The molecular weight excluding hydrogens is 446 g/mol. The van der Waals surface area contributed by atoms with Gasteiger partial charge in [0.1, 0.15) is 18.8 Å². The minimum absolute atomic E-state index is 0.159. The highest BCUT2D eigenvalue weighted by Gasteiger charge is 2.51. The number of carbonyl (C=O) groups is 4. The molecule has 0 saturated carbocycles. The summed E-state index contributed by atoms with van der Waals surface area (Å²) in [6.45, 7) is 10.9. The zero-order valence-corrected chi connectivity index (χ0v) is 21.0. The summed E-state index contributed by atoms with van der Waals surface area (Å²) in [6, 6.07) is -0.973. The normalized spacial score (nSPS) is 24.6. The molecule has 1 rings (SSSR count). The Morgan fingerprint density at radius 1 is 0.853 bits per heavy atom. The van der Waals surface area contributed by atoms with Crippen LogP contribution >= 0.6 is 0 Å². The van der Waals surface area contributed by atoms with Gasteiger partial charge in [0.25, 0.3) is 0 Å². The van der Waals surface area contributed by atoms with Gasteiger partial charge in [0.05, 0.1) is 6.61 Å². The van der Waals surface area contributed by atoms with E-state index in [-0.39, 0.29) is 13.2 Å². The summed E-state index contributed by atoms with van der Waals surface area (Å²) >= 11 is 0. The third-order valence-corrected chi connectivity index (χ3v) is 4.85. The van der Waals surface area contributed by atoms with Gasteiger partial charge >= 0.3 is 17.9 Å². The quantitative estimate of drug-likeness (QED) is 0.268. The Kier molecular flexibility index (Phi) is 12.5. The number of allylic oxidation sites excluding steroid dienone is 3. The topological polar surface area (TPSA) is 126 Å². The van der Waals surface area contributed by atoms with Crippen LogP contribution in [-0.2, 0) is 42.9 Å². The van der Waals surface area contributed by atoms with Gasteiger partial charge in [-0.3, -0.25) is 19.2 Å². The first-order valence-corrected chi connectivity index (χ1v) is 11.2. The van der Waals surface area contributed by atoms with Crippen LogP contribution in [0.1, 0.15) is 61.3 Å². The van der Waals surface area contributed by atoms with E-state index in [0.29, 0.717) is 0 Å². The molecule has 1 N–H and O–H groups in total. The number of ether oxygens (including phenoxy) is 5. The van der Waals surface area contributed by atoms with Crippen molar-refractivity contribution in [3.8, 4) is 0 Å². The molecule has 1 heterocycles. The van der Waals surface area contributed by atoms with Crippen LogP contribution in [0.2, 0.25) is 0 Å². The molecule has 10 heteroatoms. The van der Waals surface area contributed by atoms with E-state index in [9.17, 15) is 19.2 Å². The Bertz CT molecular complexity index is 785. The zero-order chi connectivity index (χ0) is 25.8. The van der Waals surface area contributed by atoms with Gasteiger partial charge < -0.3 is 29.0 Å². The Balaban J connectivity index is 3.15. The lowest BCUT2D eigenvalue weighted by Gasteiger charge is -2.44. The number of hydrogen-bond donors (Lipinski definition) is 1. The number of hydrogen-bond acceptors (Lipinski definition) is 9. The van der Waals surface area contributed by atoms with Crippen molar-refractivity contribution in [1.29, 1.82) is 0 Å². The molecule has 5 atom stereocenters. The third kappa shape index (κ3) is 10.9. The van der Waals surface area contributed by atoms with Crippen LogP contribution in [-0.4, -0.2) is 67.7 Å². The maximum atomic E-state index is 11.9. The van der Waals surface area contributed by atoms with Gasteiger partial charge in [-0.25, -0.2) is 0 Å². The molecule has 0 bridgehead atoms. The Hall–Kier alpha value is -2.72. The Morgan fingerprint density at radius 3 is 2.00 bits per heavy atom. The van der Waals surface area contributed by atoms with Crippen molar-refractivity contribution in [2.45, 2.75) is 92.0 Å². The molecule has 0 aromatic carbocycles. The second kappa shape index (κ2) is 14.5. The fraction of sp³-hybridized carbons (Fsp3) is 0.667. The average molecular weight is 484 g/mol. The molecule has 1 amide bonds. The maximum absolute atomic E-state index is 11.9. The highest BCUT2D eigenvalue weighted by Crippen LogP contribution is 2.28. The van der Waals surface area contributed by atoms with Crippen molar-refractivity contribution in [1.82, 2.24) is 5.32 Å². The summed E-state index contributed by atoms with van der Waals surface area (Å²) in [4.78, 5) is 46.9. The van der Waals surface area contributed by atoms with E-state index < -0.39 is 54.5 Å². The van der Waals surface area contributed by atoms with Crippen molar-refractivity contribution >= 4 is 23.8 Å². The molecule has 3 unspecified atom stereocenters. The lowest BCUT2D eigenvalue weighted by molar-refractivity contribution is -0.275. The third-order valence-electron chi connectivity index (χ3n) is 4.85. The maximum Gasteiger partial charge on any atom is 0.303 e. The number of amides is 1. The van der Waals surface area contributed by atoms with Crippen molar-refractivity contribution in [3.63, 3.8) is 0 Å². The second-order valence-corrected chi connectivity index (χ2v) is 8.42. The van der Waals surface area contributed by atoms with E-state index in [4.69, 9.17) is 23.7 Å². The van der Waals surface area contributed by atoms with Gasteiger partial charge in [-0.05, 0) is 33.6 Å². The number of carbonyl (C=O) groups excluding carboxylic acids is 4. The fourth-order valence-electron chi connectivity index (χ4n) is 3.41. The lowest BCUT2D eigenvalue weighted by Crippen LogP contribution is -2.66. The van der Waals surface area contributed by atoms with Crippen LogP contribution < -0.4 is 5.32 Å². The zero-order valence-electron chi connectivity index (χ0n) is 21.0. The smallest absolute Gasteiger partial charge is 0.303 e. The summed E-state index contributed by atoms with van der Waals surface area (Å²) in [5, 5.41) is 2.67. The summed E-state index contributed by atoms with van der Waals surface area (Å²) in [6.07, 6.45) is 1.47. The summed E-state index contributed by atoms with van der Waals surface area (Å²) in [5.74, 6) is -2.30. The van der Waals surface area contributed by atoms with Crippen LogP contribution in [0.4, 0.5) is 0 Å². The van der Waals surface area contributed by atoms with Crippen molar-refractivity contribution < 1.29 is 42.9 Å². The summed E-state index contributed by atoms with van der Waals surface area (Å²) in [7, 11) is 0. The van der Waals surface area contributed by atoms with Gasteiger partial charge in [0.2, 0.25) is 5.91 Å². The van der Waals surface area contributed by atoms with E-state index in [1.807, 2.05) is 26.8 Å². The standard InChI is InChI=1S/C24H37NO9/c1-14(2)9-8-10-15(3)11-12-30-24-21(25-16(4)26)23(33-19(7)29)22(32-18(6)28)20(34-24)13-31-17(5)27/h9,11,20-24H,8,10,12-13H2,1-7H3,(H,25,26)/b15-11+/t20?,21?,22-,23?,24+/m0/s1. The van der Waals surface area contributed by atoms with Crippen molar-refractivity contribution in [3.05, 3.63) is 23.3 Å². The molecule has 1 fully saturated rings. The van der Waals surface area contributed by atoms with Gasteiger partial charge in [-0.15, -0.1) is 0 Å². The van der Waals surface area contributed by atoms with Crippen molar-refractivity contribution in [2.75, 3.05) is 13.2 Å². The molecule has 0 radical (unpaired) electrons. The predicted octanol–water partition coefficient (Wildman–Crippen LogP) is 2.35. The molecule has 1 aliphatic rings. The summed E-state index contributed by atoms with van der Waals surface area (Å²) in [5.41, 5.74) is 2.35. The number of nitrogens with one attached hydrogen (secondary N) is 1. The summed E-state index contributed by atoms with van der Waals surface area (Å²) < 4.78 is 27.7. The van der Waals surface area contributed by atoms with E-state index >= 15 is 0 Å². The highest BCUT2D eigenvalue weighted by atomic mass is 16.7. The largest absolute Gasteiger partial charge is 0.463 e. The minimum atomic E-state index is -1.14. The Labute approximate surface area is 201 Å². The molecule has 192 valence electrons. The lowest BCUT2D eigenvalue weighted by atomic mass is 9.96. The first-order chi connectivity index (χ1) is 15.9. The van der Waals surface area contributed by atoms with Crippen LogP contribution in [0, 0.1) is 0 Å². The highest BCUT2D eigenvalue weighted by molar-refractivity contribution is 5.73. The molecule has 10 nitrogen and oxygen atoms in total. The first-order valence-electron chi connectivity index (χ1n) is 11.2. The molecule has 1 aliphatic heterocycles. The molecule has 0 aromatic heterocycles. The average Bonchev–Trinajstić information content (AvgIpc) is 2.69. The van der Waals surface area contributed by atoms with Crippen LogP contribution in [0.3, 0.4) is 0 Å². The SMILES string of the molecule is CC(=O)NC1C(OC(C)=O)[C@@H](OC(C)=O)C(COC(C)=O)O[C@H]1OC/C=C(\C)CCC=C(C)C. The number of rotatable bonds is 11. The molecular formula is C24H37NO9. The van der Waals surface area contributed by atoms with Crippen molar-refractivity contribution in [2.24, 2.45) is 0 Å². The fourth-order valence-corrected chi connectivity index (χ4v) is 3.41. The van der Waals surface area contributed by atoms with Crippen LogP contribution in [0.15, 0.2) is 23.3 Å². The van der Waals surface area contributed by atoms with Crippen LogP contribution in [0.25, 0.3) is 0 Å². The first kappa shape index (κ1) is 29.3. The van der Waals surface area contributed by atoms with Gasteiger partial charge in [-0.1, -0.05) is 23.3 Å². The monoisotopic (exact) mass is 483 g/mol. The van der Waals surface area contributed by atoms with E-state index in [1.165, 1.54) is 33.3 Å². The molecule has 0 aliphatic carbocycles. The van der Waals surface area contributed by atoms with E-state index in [1.54, 1.807) is 0 Å². The van der Waals surface area contributed by atoms with Gasteiger partial charge in [0.15, 0.2) is 18.5 Å². The second-order valence-electron chi connectivity index (χ2n) is 8.42. The minimum Gasteiger partial charge on any atom is -0.463 e. The molecule has 0 aromatic rings. The van der Waals surface area contributed by atoms with E-state index in [2.05, 4.69) is 11.4 Å². The molecule has 1 saturated heterocycles.